The number of nitrogens with one attached hydrogen (secondary N) is 1. The number of aryl methyl sites for hydroxylation is 2. The zero-order valence-electron chi connectivity index (χ0n) is 12.7. The SMILES string of the molecule is Cc1nn(C)c(N2CCC(C)(C)C2)c1CNC1CC1. The van der Waals surface area contributed by atoms with E-state index < -0.39 is 0 Å². The number of hydrogen-bond acceptors (Lipinski definition) is 3. The van der Waals surface area contributed by atoms with E-state index in [1.165, 1.54) is 36.3 Å². The molecule has 3 rings (SSSR count). The van der Waals surface area contributed by atoms with Crippen LogP contribution < -0.4 is 10.2 Å². The lowest BCUT2D eigenvalue weighted by Crippen LogP contribution is -2.27. The molecule has 0 amide bonds. The predicted molar refractivity (Wildman–Crippen MR) is 78.4 cm³/mol. The van der Waals surface area contributed by atoms with Crippen LogP contribution in [0.5, 0.6) is 0 Å². The van der Waals surface area contributed by atoms with Gasteiger partial charge in [-0.15, -0.1) is 0 Å². The second-order valence-corrected chi connectivity index (χ2v) is 7.00. The average molecular weight is 262 g/mol. The summed E-state index contributed by atoms with van der Waals surface area (Å²) in [6.45, 7) is 10.1. The molecule has 2 heterocycles. The van der Waals surface area contributed by atoms with Crippen molar-refractivity contribution in [2.75, 3.05) is 18.0 Å². The maximum absolute atomic E-state index is 4.64. The fourth-order valence-corrected chi connectivity index (χ4v) is 3.12. The van der Waals surface area contributed by atoms with E-state index in [1.807, 2.05) is 0 Å². The second-order valence-electron chi connectivity index (χ2n) is 7.00. The quantitative estimate of drug-likeness (QED) is 0.903. The molecule has 0 radical (unpaired) electrons. The van der Waals surface area contributed by atoms with Gasteiger partial charge in [0.05, 0.1) is 5.69 Å². The molecular formula is C15H26N4. The highest BCUT2D eigenvalue weighted by molar-refractivity contribution is 5.51. The van der Waals surface area contributed by atoms with Crippen molar-refractivity contribution in [3.63, 3.8) is 0 Å². The first kappa shape index (κ1) is 13.0. The molecule has 4 heteroatoms. The van der Waals surface area contributed by atoms with E-state index in [-0.39, 0.29) is 0 Å². The van der Waals surface area contributed by atoms with E-state index in [0.717, 1.165) is 25.7 Å². The highest BCUT2D eigenvalue weighted by Crippen LogP contribution is 2.35. The molecule has 1 saturated carbocycles. The minimum Gasteiger partial charge on any atom is -0.356 e. The largest absolute Gasteiger partial charge is 0.356 e. The van der Waals surface area contributed by atoms with E-state index in [1.54, 1.807) is 0 Å². The second kappa shape index (κ2) is 4.51. The predicted octanol–water partition coefficient (Wildman–Crippen LogP) is 2.22. The molecule has 2 fully saturated rings. The molecule has 1 aromatic rings. The first-order valence-electron chi connectivity index (χ1n) is 7.47. The Morgan fingerprint density at radius 1 is 1.37 bits per heavy atom. The molecule has 1 saturated heterocycles. The van der Waals surface area contributed by atoms with Gasteiger partial charge in [0, 0.05) is 38.3 Å². The summed E-state index contributed by atoms with van der Waals surface area (Å²) in [5, 5.41) is 8.27. The molecule has 4 nitrogen and oxygen atoms in total. The Hall–Kier alpha value is -1.03. The summed E-state index contributed by atoms with van der Waals surface area (Å²) in [5.74, 6) is 1.33. The van der Waals surface area contributed by atoms with Crippen LogP contribution in [-0.4, -0.2) is 28.9 Å². The maximum Gasteiger partial charge on any atom is 0.131 e. The Kier molecular flexibility index (Phi) is 3.08. The van der Waals surface area contributed by atoms with Crippen LogP contribution >= 0.6 is 0 Å². The number of anilines is 1. The molecule has 1 aromatic heterocycles. The van der Waals surface area contributed by atoms with Gasteiger partial charge in [0.25, 0.3) is 0 Å². The lowest BCUT2D eigenvalue weighted by atomic mass is 9.93. The molecule has 0 aromatic carbocycles. The number of hydrogen-bond donors (Lipinski definition) is 1. The molecule has 1 aliphatic heterocycles. The van der Waals surface area contributed by atoms with Gasteiger partial charge < -0.3 is 10.2 Å². The zero-order valence-corrected chi connectivity index (χ0v) is 12.7. The Balaban J connectivity index is 1.82. The van der Waals surface area contributed by atoms with E-state index >= 15 is 0 Å². The molecule has 2 aliphatic rings. The van der Waals surface area contributed by atoms with Crippen LogP contribution in [0.1, 0.15) is 44.4 Å². The Morgan fingerprint density at radius 2 is 2.11 bits per heavy atom. The number of rotatable bonds is 4. The van der Waals surface area contributed by atoms with Gasteiger partial charge in [0.1, 0.15) is 5.82 Å². The summed E-state index contributed by atoms with van der Waals surface area (Å²) in [4.78, 5) is 2.52. The summed E-state index contributed by atoms with van der Waals surface area (Å²) >= 11 is 0. The van der Waals surface area contributed by atoms with Crippen molar-refractivity contribution in [2.45, 2.75) is 52.6 Å². The molecule has 19 heavy (non-hydrogen) atoms. The van der Waals surface area contributed by atoms with Crippen LogP contribution in [0.25, 0.3) is 0 Å². The lowest BCUT2D eigenvalue weighted by Gasteiger charge is -2.23. The van der Waals surface area contributed by atoms with Crippen molar-refractivity contribution in [3.05, 3.63) is 11.3 Å². The maximum atomic E-state index is 4.64. The average Bonchev–Trinajstić information content (AvgIpc) is 3.01. The summed E-state index contributed by atoms with van der Waals surface area (Å²) in [7, 11) is 2.08. The van der Waals surface area contributed by atoms with Gasteiger partial charge >= 0.3 is 0 Å². The Morgan fingerprint density at radius 3 is 2.68 bits per heavy atom. The molecule has 0 atom stereocenters. The van der Waals surface area contributed by atoms with E-state index in [4.69, 9.17) is 0 Å². The van der Waals surface area contributed by atoms with Crippen LogP contribution in [0.15, 0.2) is 0 Å². The molecule has 0 bridgehead atoms. The van der Waals surface area contributed by atoms with Gasteiger partial charge in [0.2, 0.25) is 0 Å². The fraction of sp³-hybridized carbons (Fsp3) is 0.800. The minimum atomic E-state index is 0.430. The molecular weight excluding hydrogens is 236 g/mol. The fourth-order valence-electron chi connectivity index (χ4n) is 3.12. The van der Waals surface area contributed by atoms with Crippen LogP contribution in [0.2, 0.25) is 0 Å². The van der Waals surface area contributed by atoms with E-state index in [9.17, 15) is 0 Å². The molecule has 1 N–H and O–H groups in total. The van der Waals surface area contributed by atoms with E-state index in [0.29, 0.717) is 5.41 Å². The molecule has 1 aliphatic carbocycles. The van der Waals surface area contributed by atoms with Gasteiger partial charge in [-0.2, -0.15) is 5.10 Å². The summed E-state index contributed by atoms with van der Waals surface area (Å²) in [5.41, 5.74) is 3.00. The summed E-state index contributed by atoms with van der Waals surface area (Å²) in [6.07, 6.45) is 3.95. The first-order valence-corrected chi connectivity index (χ1v) is 7.47. The molecule has 106 valence electrons. The van der Waals surface area contributed by atoms with Gasteiger partial charge in [-0.25, -0.2) is 0 Å². The number of nitrogens with zero attached hydrogens (tertiary/aromatic N) is 3. The van der Waals surface area contributed by atoms with Crippen LogP contribution in [-0.2, 0) is 13.6 Å². The zero-order chi connectivity index (χ0) is 13.6. The van der Waals surface area contributed by atoms with Crippen LogP contribution in [0, 0.1) is 12.3 Å². The van der Waals surface area contributed by atoms with Crippen molar-refractivity contribution in [1.29, 1.82) is 0 Å². The third-order valence-electron chi connectivity index (χ3n) is 4.43. The van der Waals surface area contributed by atoms with Crippen molar-refractivity contribution in [2.24, 2.45) is 12.5 Å². The number of aromatic nitrogens is 2. The van der Waals surface area contributed by atoms with E-state index in [2.05, 4.69) is 47.8 Å². The Bertz CT molecular complexity index is 471. The van der Waals surface area contributed by atoms with Gasteiger partial charge in [-0.1, -0.05) is 13.8 Å². The highest BCUT2D eigenvalue weighted by atomic mass is 15.4. The lowest BCUT2D eigenvalue weighted by molar-refractivity contribution is 0.418. The normalized spacial score (nSPS) is 22.2. The van der Waals surface area contributed by atoms with Crippen molar-refractivity contribution >= 4 is 5.82 Å². The monoisotopic (exact) mass is 262 g/mol. The first-order chi connectivity index (χ1) is 8.96. The van der Waals surface area contributed by atoms with Crippen molar-refractivity contribution < 1.29 is 0 Å². The van der Waals surface area contributed by atoms with Crippen molar-refractivity contribution in [1.82, 2.24) is 15.1 Å². The van der Waals surface area contributed by atoms with Crippen LogP contribution in [0.4, 0.5) is 5.82 Å². The topological polar surface area (TPSA) is 33.1 Å². The summed E-state index contributed by atoms with van der Waals surface area (Å²) in [6, 6.07) is 0.752. The smallest absolute Gasteiger partial charge is 0.131 e. The molecule has 0 spiro atoms. The summed E-state index contributed by atoms with van der Waals surface area (Å²) < 4.78 is 2.07. The Labute approximate surface area is 116 Å². The van der Waals surface area contributed by atoms with Crippen LogP contribution in [0.3, 0.4) is 0 Å². The van der Waals surface area contributed by atoms with Gasteiger partial charge in [-0.05, 0) is 31.6 Å². The molecule has 0 unspecified atom stereocenters. The third-order valence-corrected chi connectivity index (χ3v) is 4.43. The van der Waals surface area contributed by atoms with Gasteiger partial charge in [0.15, 0.2) is 0 Å². The van der Waals surface area contributed by atoms with Gasteiger partial charge in [-0.3, -0.25) is 4.68 Å². The standard InChI is InChI=1S/C15H26N4/c1-11-13(9-16-12-5-6-12)14(18(4)17-11)19-8-7-15(2,3)10-19/h12,16H,5-10H2,1-4H3. The minimum absolute atomic E-state index is 0.430. The third kappa shape index (κ3) is 2.64. The highest BCUT2D eigenvalue weighted by Gasteiger charge is 2.32. The van der Waals surface area contributed by atoms with Crippen molar-refractivity contribution in [3.8, 4) is 0 Å².